The summed E-state index contributed by atoms with van der Waals surface area (Å²) >= 11 is 1.70. The molecule has 0 aliphatic carbocycles. The Labute approximate surface area is 112 Å². The van der Waals surface area contributed by atoms with Crippen LogP contribution in [0.5, 0.6) is 0 Å². The van der Waals surface area contributed by atoms with Crippen molar-refractivity contribution in [3.05, 3.63) is 34.5 Å². The molecule has 0 radical (unpaired) electrons. The zero-order valence-corrected chi connectivity index (χ0v) is 11.9. The molecule has 0 aromatic carbocycles. The molecule has 4 nitrogen and oxygen atoms in total. The van der Waals surface area contributed by atoms with E-state index in [0.29, 0.717) is 12.1 Å². The van der Waals surface area contributed by atoms with E-state index in [0.717, 1.165) is 23.7 Å². The monoisotopic (exact) mass is 264 g/mol. The Kier molecular flexibility index (Phi) is 4.49. The van der Waals surface area contributed by atoms with Crippen LogP contribution in [-0.2, 0) is 6.54 Å². The molecule has 18 heavy (non-hydrogen) atoms. The molecule has 5 heteroatoms. The summed E-state index contributed by atoms with van der Waals surface area (Å²) in [7, 11) is 0. The van der Waals surface area contributed by atoms with Crippen molar-refractivity contribution in [1.29, 1.82) is 0 Å². The predicted molar refractivity (Wildman–Crippen MR) is 74.6 cm³/mol. The molecule has 1 unspecified atom stereocenters. The van der Waals surface area contributed by atoms with Gasteiger partial charge in [-0.05, 0) is 26.3 Å². The van der Waals surface area contributed by atoms with Gasteiger partial charge in [-0.2, -0.15) is 5.10 Å². The lowest BCUT2D eigenvalue weighted by Gasteiger charge is -2.13. The zero-order valence-electron chi connectivity index (χ0n) is 11.1. The van der Waals surface area contributed by atoms with Crippen LogP contribution >= 0.6 is 11.3 Å². The van der Waals surface area contributed by atoms with E-state index in [4.69, 9.17) is 0 Å². The molecular formula is C13H20N4S. The summed E-state index contributed by atoms with van der Waals surface area (Å²) in [5.74, 6) is 0. The average Bonchev–Trinajstić information content (AvgIpc) is 3.00. The van der Waals surface area contributed by atoms with Crippen LogP contribution in [0.2, 0.25) is 0 Å². The van der Waals surface area contributed by atoms with Gasteiger partial charge in [-0.15, -0.1) is 11.3 Å². The maximum absolute atomic E-state index is 4.53. The van der Waals surface area contributed by atoms with Crippen LogP contribution in [0.25, 0.3) is 0 Å². The molecule has 0 fully saturated rings. The van der Waals surface area contributed by atoms with Crippen LogP contribution in [0.3, 0.4) is 0 Å². The highest BCUT2D eigenvalue weighted by molar-refractivity contribution is 7.09. The average molecular weight is 264 g/mol. The second kappa shape index (κ2) is 6.11. The van der Waals surface area contributed by atoms with Gasteiger partial charge in [-0.1, -0.05) is 6.92 Å². The Bertz CT molecular complexity index is 461. The molecule has 0 saturated carbocycles. The van der Waals surface area contributed by atoms with E-state index in [9.17, 15) is 0 Å². The minimum absolute atomic E-state index is 0.328. The summed E-state index contributed by atoms with van der Waals surface area (Å²) in [6.07, 6.45) is 4.93. The lowest BCUT2D eigenvalue weighted by molar-refractivity contribution is 0.492. The van der Waals surface area contributed by atoms with E-state index in [1.807, 2.05) is 22.5 Å². The van der Waals surface area contributed by atoms with E-state index in [1.165, 1.54) is 0 Å². The molecule has 2 aromatic rings. The molecular weight excluding hydrogens is 244 g/mol. The van der Waals surface area contributed by atoms with Gasteiger partial charge in [0.05, 0.1) is 11.7 Å². The third kappa shape index (κ3) is 3.17. The Morgan fingerprint density at radius 2 is 2.28 bits per heavy atom. The minimum atomic E-state index is 0.328. The first-order chi connectivity index (χ1) is 8.70. The summed E-state index contributed by atoms with van der Waals surface area (Å²) in [4.78, 5) is 4.36. The molecule has 0 aliphatic heterocycles. The molecule has 1 N–H and O–H groups in total. The van der Waals surface area contributed by atoms with Gasteiger partial charge >= 0.3 is 0 Å². The van der Waals surface area contributed by atoms with Gasteiger partial charge in [0.15, 0.2) is 0 Å². The molecule has 98 valence electrons. The van der Waals surface area contributed by atoms with Crippen molar-refractivity contribution in [3.63, 3.8) is 0 Å². The number of hydrogen-bond acceptors (Lipinski definition) is 4. The van der Waals surface area contributed by atoms with Crippen LogP contribution in [-0.4, -0.2) is 14.8 Å². The predicted octanol–water partition coefficient (Wildman–Crippen LogP) is 3.16. The third-order valence-electron chi connectivity index (χ3n) is 2.88. The Hall–Kier alpha value is -1.20. The molecule has 0 aliphatic rings. The van der Waals surface area contributed by atoms with Gasteiger partial charge in [-0.3, -0.25) is 4.68 Å². The summed E-state index contributed by atoms with van der Waals surface area (Å²) < 4.78 is 1.99. The number of hydrogen-bond donors (Lipinski definition) is 1. The van der Waals surface area contributed by atoms with Gasteiger partial charge in [0.2, 0.25) is 0 Å². The largest absolute Gasteiger partial charge is 0.302 e. The van der Waals surface area contributed by atoms with Gasteiger partial charge in [0.25, 0.3) is 0 Å². The number of nitrogens with zero attached hydrogens (tertiary/aromatic N) is 3. The fourth-order valence-corrected chi connectivity index (χ4v) is 2.60. The molecule has 0 spiro atoms. The second-order valence-corrected chi connectivity index (χ2v) is 5.52. The SMILES string of the molecule is CCC(NCc1ccn(C(C)C)n1)c1nccs1. The smallest absolute Gasteiger partial charge is 0.109 e. The molecule has 0 saturated heterocycles. The molecule has 0 amide bonds. The van der Waals surface area contributed by atoms with E-state index >= 15 is 0 Å². The fraction of sp³-hybridized carbons (Fsp3) is 0.538. The zero-order chi connectivity index (χ0) is 13.0. The number of nitrogens with one attached hydrogen (secondary N) is 1. The highest BCUT2D eigenvalue weighted by Crippen LogP contribution is 2.19. The van der Waals surface area contributed by atoms with Gasteiger partial charge in [0, 0.05) is 30.4 Å². The van der Waals surface area contributed by atoms with Crippen LogP contribution in [0, 0.1) is 0 Å². The lowest BCUT2D eigenvalue weighted by Crippen LogP contribution is -2.20. The van der Waals surface area contributed by atoms with E-state index in [-0.39, 0.29) is 0 Å². The molecule has 1 atom stereocenters. The minimum Gasteiger partial charge on any atom is -0.302 e. The summed E-state index contributed by atoms with van der Waals surface area (Å²) in [6, 6.07) is 2.82. The molecule has 2 aromatic heterocycles. The maximum Gasteiger partial charge on any atom is 0.109 e. The number of rotatable bonds is 6. The number of aromatic nitrogens is 3. The fourth-order valence-electron chi connectivity index (χ4n) is 1.80. The van der Waals surface area contributed by atoms with E-state index in [2.05, 4.69) is 42.2 Å². The first-order valence-electron chi connectivity index (χ1n) is 6.37. The Balaban J connectivity index is 1.93. The Morgan fingerprint density at radius 1 is 1.44 bits per heavy atom. The topological polar surface area (TPSA) is 42.7 Å². The van der Waals surface area contributed by atoms with Crippen LogP contribution in [0.1, 0.15) is 50.0 Å². The van der Waals surface area contributed by atoms with Crippen LogP contribution in [0.4, 0.5) is 0 Å². The highest BCUT2D eigenvalue weighted by Gasteiger charge is 2.11. The summed E-state index contributed by atoms with van der Waals surface area (Å²) in [5.41, 5.74) is 1.08. The lowest BCUT2D eigenvalue weighted by atomic mass is 10.2. The van der Waals surface area contributed by atoms with Crippen LogP contribution in [0.15, 0.2) is 23.8 Å². The molecule has 2 heterocycles. The number of thiazole rings is 1. The van der Waals surface area contributed by atoms with Gasteiger partial charge < -0.3 is 5.32 Å². The Morgan fingerprint density at radius 3 is 2.83 bits per heavy atom. The third-order valence-corrected chi connectivity index (χ3v) is 3.77. The van der Waals surface area contributed by atoms with Crippen molar-refractivity contribution < 1.29 is 0 Å². The first kappa shape index (κ1) is 13.2. The van der Waals surface area contributed by atoms with Crippen molar-refractivity contribution >= 4 is 11.3 Å². The van der Waals surface area contributed by atoms with Crippen molar-refractivity contribution in [2.75, 3.05) is 0 Å². The maximum atomic E-state index is 4.53. The van der Waals surface area contributed by atoms with E-state index in [1.54, 1.807) is 11.3 Å². The van der Waals surface area contributed by atoms with Gasteiger partial charge in [-0.25, -0.2) is 4.98 Å². The first-order valence-corrected chi connectivity index (χ1v) is 7.25. The normalized spacial score (nSPS) is 13.1. The highest BCUT2D eigenvalue weighted by atomic mass is 32.1. The second-order valence-electron chi connectivity index (χ2n) is 4.59. The van der Waals surface area contributed by atoms with Crippen LogP contribution < -0.4 is 5.32 Å². The molecule has 2 rings (SSSR count). The van der Waals surface area contributed by atoms with E-state index < -0.39 is 0 Å². The summed E-state index contributed by atoms with van der Waals surface area (Å²) in [5, 5.41) is 11.2. The molecule has 0 bridgehead atoms. The van der Waals surface area contributed by atoms with Crippen molar-refractivity contribution in [2.45, 2.75) is 45.8 Å². The van der Waals surface area contributed by atoms with Crippen molar-refractivity contribution in [3.8, 4) is 0 Å². The van der Waals surface area contributed by atoms with Gasteiger partial charge in [0.1, 0.15) is 5.01 Å². The van der Waals surface area contributed by atoms with Crippen molar-refractivity contribution in [1.82, 2.24) is 20.1 Å². The van der Waals surface area contributed by atoms with Crippen molar-refractivity contribution in [2.24, 2.45) is 0 Å². The standard InChI is InChI=1S/C13H20N4S/c1-4-12(13-14-6-8-18-13)15-9-11-5-7-17(16-11)10(2)3/h5-8,10,12,15H,4,9H2,1-3H3. The quantitative estimate of drug-likeness (QED) is 0.871. The summed E-state index contributed by atoms with van der Waals surface area (Å²) in [6.45, 7) is 7.23.